The standard InChI is InChI=1S/C46H53ClFN5O3/c1-31(2)52-23-21-51(22-24-52)30-35-11-15-36(16-12-35)37-5-4-6-39(26-37)53-45-41(27-38(48)29-50-45)44(54)40(46(53)55)17-13-32-7-9-34(10-8-32)28-49-20-19-33-14-18-43(56-3)42(47)25-33/h4-6,11-12,14-16,18,20,25-27,29,31-32,34,40H,7-10,13,17,19,21-24,28,30H2,1-3H3. The maximum atomic E-state index is 14.5. The number of benzene rings is 3. The van der Waals surface area contributed by atoms with Gasteiger partial charge in [0.05, 0.1) is 29.6 Å². The van der Waals surface area contributed by atoms with Crippen molar-refractivity contribution in [3.05, 3.63) is 107 Å². The highest BCUT2D eigenvalue weighted by Crippen LogP contribution is 2.40. The molecule has 4 aromatic rings. The Morgan fingerprint density at radius 3 is 2.34 bits per heavy atom. The van der Waals surface area contributed by atoms with Gasteiger partial charge in [0.2, 0.25) is 5.91 Å². The number of nitrogens with zero attached hydrogens (tertiary/aromatic N) is 5. The molecule has 2 fully saturated rings. The molecule has 2 aliphatic heterocycles. The van der Waals surface area contributed by atoms with Crippen LogP contribution in [-0.4, -0.2) is 78.6 Å². The number of pyridine rings is 1. The number of hydrogen-bond donors (Lipinski definition) is 0. The van der Waals surface area contributed by atoms with Gasteiger partial charge in [0, 0.05) is 57.9 Å². The number of carbonyl (C=O) groups excluding carboxylic acids is 2. The second kappa shape index (κ2) is 18.2. The summed E-state index contributed by atoms with van der Waals surface area (Å²) >= 11 is 6.26. The molecule has 56 heavy (non-hydrogen) atoms. The summed E-state index contributed by atoms with van der Waals surface area (Å²) in [6, 6.07) is 24.0. The van der Waals surface area contributed by atoms with E-state index in [1.807, 2.05) is 48.7 Å². The third kappa shape index (κ3) is 9.39. The predicted molar refractivity (Wildman–Crippen MR) is 223 cm³/mol. The van der Waals surface area contributed by atoms with Gasteiger partial charge in [-0.1, -0.05) is 66.9 Å². The van der Waals surface area contributed by atoms with Crippen LogP contribution in [0.25, 0.3) is 11.1 Å². The van der Waals surface area contributed by atoms with Crippen LogP contribution in [0.3, 0.4) is 0 Å². The monoisotopic (exact) mass is 777 g/mol. The van der Waals surface area contributed by atoms with Crippen LogP contribution in [0.1, 0.15) is 73.9 Å². The quantitative estimate of drug-likeness (QED) is 0.0995. The zero-order valence-corrected chi connectivity index (χ0v) is 33.6. The van der Waals surface area contributed by atoms with Crippen molar-refractivity contribution in [1.82, 2.24) is 14.8 Å². The first kappa shape index (κ1) is 39.8. The van der Waals surface area contributed by atoms with Gasteiger partial charge in [-0.3, -0.25) is 29.3 Å². The zero-order chi connectivity index (χ0) is 39.2. The number of aromatic nitrogens is 1. The molecule has 8 nitrogen and oxygen atoms in total. The van der Waals surface area contributed by atoms with Crippen molar-refractivity contribution in [1.29, 1.82) is 0 Å². The minimum atomic E-state index is -0.884. The zero-order valence-electron chi connectivity index (χ0n) is 32.8. The first-order valence-electron chi connectivity index (χ1n) is 20.2. The first-order chi connectivity index (χ1) is 27.2. The van der Waals surface area contributed by atoms with Gasteiger partial charge >= 0.3 is 0 Å². The Balaban J connectivity index is 0.968. The number of piperazine rings is 1. The minimum Gasteiger partial charge on any atom is -0.495 e. The van der Waals surface area contributed by atoms with Gasteiger partial charge in [-0.2, -0.15) is 0 Å². The number of Topliss-reactive ketones (excluding diaryl/α,β-unsaturated/α-hetero) is 1. The van der Waals surface area contributed by atoms with E-state index < -0.39 is 11.7 Å². The molecule has 3 aliphatic rings. The number of ketones is 1. The van der Waals surface area contributed by atoms with Gasteiger partial charge in [0.1, 0.15) is 17.5 Å². The van der Waals surface area contributed by atoms with E-state index in [0.717, 1.165) is 101 Å². The van der Waals surface area contributed by atoms with E-state index in [1.165, 1.54) is 16.5 Å². The van der Waals surface area contributed by atoms with Crippen LogP contribution in [0.5, 0.6) is 5.75 Å². The molecular weight excluding hydrogens is 725 g/mol. The normalized spacial score (nSPS) is 20.9. The number of halogens is 2. The summed E-state index contributed by atoms with van der Waals surface area (Å²) in [5.41, 5.74) is 5.13. The predicted octanol–water partition coefficient (Wildman–Crippen LogP) is 9.45. The Kier molecular flexibility index (Phi) is 12.9. The van der Waals surface area contributed by atoms with Gasteiger partial charge in [-0.05, 0) is 104 Å². The Hall–Kier alpha value is -4.44. The fourth-order valence-electron chi connectivity index (χ4n) is 8.51. The largest absolute Gasteiger partial charge is 0.495 e. The van der Waals surface area contributed by atoms with Crippen LogP contribution in [0.2, 0.25) is 5.02 Å². The first-order valence-corrected chi connectivity index (χ1v) is 20.5. The van der Waals surface area contributed by atoms with Gasteiger partial charge in [-0.25, -0.2) is 9.37 Å². The van der Waals surface area contributed by atoms with E-state index >= 15 is 0 Å². The third-order valence-corrected chi connectivity index (χ3v) is 12.2. The van der Waals surface area contributed by atoms with Crippen molar-refractivity contribution in [2.24, 2.45) is 22.7 Å². The van der Waals surface area contributed by atoms with Crippen LogP contribution >= 0.6 is 11.6 Å². The summed E-state index contributed by atoms with van der Waals surface area (Å²) in [6.45, 7) is 10.5. The number of carbonyl (C=O) groups is 2. The van der Waals surface area contributed by atoms with E-state index in [1.54, 1.807) is 7.11 Å². The summed E-state index contributed by atoms with van der Waals surface area (Å²) in [7, 11) is 1.61. The molecule has 1 aliphatic carbocycles. The van der Waals surface area contributed by atoms with E-state index in [-0.39, 0.29) is 23.1 Å². The van der Waals surface area contributed by atoms with E-state index in [4.69, 9.17) is 21.3 Å². The van der Waals surface area contributed by atoms with Crippen molar-refractivity contribution < 1.29 is 18.7 Å². The maximum Gasteiger partial charge on any atom is 0.243 e. The fourth-order valence-corrected chi connectivity index (χ4v) is 8.79. The number of hydrogen-bond acceptors (Lipinski definition) is 7. The van der Waals surface area contributed by atoms with Crippen LogP contribution in [0.15, 0.2) is 84.0 Å². The van der Waals surface area contributed by atoms with E-state index in [9.17, 15) is 14.0 Å². The molecule has 0 radical (unpaired) electrons. The Morgan fingerprint density at radius 1 is 0.893 bits per heavy atom. The number of aliphatic imine (C=N–C) groups is 1. The maximum absolute atomic E-state index is 14.5. The fraction of sp³-hybridized carbons (Fsp3) is 0.435. The van der Waals surface area contributed by atoms with Gasteiger partial charge in [-0.15, -0.1) is 0 Å². The molecule has 3 heterocycles. The average molecular weight is 778 g/mol. The second-order valence-electron chi connectivity index (χ2n) is 16.0. The Bertz CT molecular complexity index is 2020. The summed E-state index contributed by atoms with van der Waals surface area (Å²) in [5, 5.41) is 0.599. The lowest BCUT2D eigenvalue weighted by Gasteiger charge is -2.36. The van der Waals surface area contributed by atoms with Crippen LogP contribution in [0, 0.1) is 23.6 Å². The van der Waals surface area contributed by atoms with Crippen molar-refractivity contribution >= 4 is 41.0 Å². The molecule has 0 bridgehead atoms. The molecule has 7 rings (SSSR count). The van der Waals surface area contributed by atoms with Crippen molar-refractivity contribution in [2.45, 2.75) is 71.4 Å². The molecule has 1 saturated heterocycles. The van der Waals surface area contributed by atoms with Gasteiger partial charge in [0.25, 0.3) is 0 Å². The molecule has 1 unspecified atom stereocenters. The molecule has 1 aromatic heterocycles. The summed E-state index contributed by atoms with van der Waals surface area (Å²) < 4.78 is 19.8. The van der Waals surface area contributed by atoms with E-state index in [2.05, 4.69) is 52.9 Å². The van der Waals surface area contributed by atoms with Crippen molar-refractivity contribution in [3.63, 3.8) is 0 Å². The molecule has 3 aromatic carbocycles. The van der Waals surface area contributed by atoms with Crippen LogP contribution in [-0.2, 0) is 17.8 Å². The summed E-state index contributed by atoms with van der Waals surface area (Å²) in [4.78, 5) is 43.7. The number of fused-ring (bicyclic) bond motifs is 1. The van der Waals surface area contributed by atoms with Crippen LogP contribution in [0.4, 0.5) is 15.9 Å². The highest BCUT2D eigenvalue weighted by Gasteiger charge is 2.41. The molecular formula is C46H53ClFN5O3. The summed E-state index contributed by atoms with van der Waals surface area (Å²) in [5.74, 6) is -0.309. The average Bonchev–Trinajstić information content (AvgIpc) is 3.21. The highest BCUT2D eigenvalue weighted by atomic mass is 35.5. The molecule has 1 atom stereocenters. The Labute approximate surface area is 335 Å². The second-order valence-corrected chi connectivity index (χ2v) is 16.4. The number of amides is 1. The molecule has 294 valence electrons. The molecule has 0 spiro atoms. The molecule has 10 heteroatoms. The topological polar surface area (TPSA) is 78.3 Å². The molecule has 1 amide bonds. The lowest BCUT2D eigenvalue weighted by Crippen LogP contribution is -2.48. The lowest BCUT2D eigenvalue weighted by molar-refractivity contribution is -0.120. The summed E-state index contributed by atoms with van der Waals surface area (Å²) in [6.07, 6.45) is 9.16. The molecule has 1 saturated carbocycles. The van der Waals surface area contributed by atoms with Crippen molar-refractivity contribution in [3.8, 4) is 16.9 Å². The minimum absolute atomic E-state index is 0.164. The number of rotatable bonds is 13. The Morgan fingerprint density at radius 2 is 1.62 bits per heavy atom. The number of anilines is 2. The third-order valence-electron chi connectivity index (χ3n) is 11.9. The highest BCUT2D eigenvalue weighted by molar-refractivity contribution is 6.32. The molecule has 0 N–H and O–H groups in total. The van der Waals surface area contributed by atoms with Gasteiger partial charge < -0.3 is 4.74 Å². The van der Waals surface area contributed by atoms with Crippen LogP contribution < -0.4 is 9.64 Å². The van der Waals surface area contributed by atoms with Gasteiger partial charge in [0.15, 0.2) is 11.6 Å². The lowest BCUT2D eigenvalue weighted by atomic mass is 9.77. The van der Waals surface area contributed by atoms with E-state index in [0.29, 0.717) is 40.8 Å². The number of ether oxygens (including phenoxy) is 1. The SMILES string of the molecule is COc1ccc(CC=NCC2CCC(CCC3C(=O)c4cc(F)cnc4N(c4cccc(-c5ccc(CN6CCN(C(C)C)CC6)cc5)c4)C3=O)CC2)cc1Cl. The number of methoxy groups -OCH3 is 1. The smallest absolute Gasteiger partial charge is 0.243 e. The van der Waals surface area contributed by atoms with Crippen molar-refractivity contribution in [2.75, 3.05) is 44.7 Å².